The highest BCUT2D eigenvalue weighted by Gasteiger charge is 2.58. The third kappa shape index (κ3) is 3.84. The van der Waals surface area contributed by atoms with Crippen LogP contribution in [0.1, 0.15) is 38.9 Å². The van der Waals surface area contributed by atoms with Crippen molar-refractivity contribution in [1.29, 1.82) is 0 Å². The number of allylic oxidation sites excluding steroid dienone is 7. The fourth-order valence-electron chi connectivity index (χ4n) is 8.20. The van der Waals surface area contributed by atoms with Crippen molar-refractivity contribution in [3.8, 4) is 0 Å². The van der Waals surface area contributed by atoms with E-state index in [-0.39, 0.29) is 11.5 Å². The molecule has 0 fully saturated rings. The van der Waals surface area contributed by atoms with Crippen LogP contribution in [-0.2, 0) is 10.2 Å². The largest absolute Gasteiger partial charge is 0.507 e. The Morgan fingerprint density at radius 1 is 0.375 bits per heavy atom. The molecule has 9 rings (SSSR count). The van der Waals surface area contributed by atoms with Crippen LogP contribution in [0.25, 0.3) is 27.9 Å². The van der Waals surface area contributed by atoms with Crippen molar-refractivity contribution < 1.29 is 9.90 Å². The highest BCUT2D eigenvalue weighted by Crippen LogP contribution is 2.67. The van der Waals surface area contributed by atoms with E-state index in [0.29, 0.717) is 16.7 Å². The van der Waals surface area contributed by atoms with E-state index in [9.17, 15) is 5.11 Å². The Bertz CT molecular complexity index is 2360. The molecule has 2 heteroatoms. The lowest BCUT2D eigenvalue weighted by Crippen LogP contribution is -2.36. The topological polar surface area (TPSA) is 37.3 Å². The number of Topliss-reactive ketones (excluding diaryl/α,β-unsaturated/α-hetero) is 1. The first-order valence-corrected chi connectivity index (χ1v) is 16.3. The maximum Gasteiger partial charge on any atom is 0.195 e. The van der Waals surface area contributed by atoms with Gasteiger partial charge in [-0.2, -0.15) is 0 Å². The molecule has 6 aromatic rings. The lowest BCUT2D eigenvalue weighted by molar-refractivity contribution is -0.110. The average molecular weight is 615 g/mol. The molecular formula is C46H30O2. The highest BCUT2D eigenvalue weighted by molar-refractivity contribution is 6.50. The third-order valence-corrected chi connectivity index (χ3v) is 9.98. The maximum absolute atomic E-state index is 15.4. The van der Waals surface area contributed by atoms with E-state index < -0.39 is 5.41 Å². The Balaban J connectivity index is 1.48. The van der Waals surface area contributed by atoms with E-state index in [4.69, 9.17) is 0 Å². The van der Waals surface area contributed by atoms with E-state index in [1.54, 1.807) is 0 Å². The molecule has 226 valence electrons. The summed E-state index contributed by atoms with van der Waals surface area (Å²) in [5.41, 5.74) is 11.1. The fraction of sp³-hybridized carbons (Fsp3) is 0.0217. The molecule has 1 unspecified atom stereocenters. The number of carbonyl (C=O) groups is 1. The second-order valence-electron chi connectivity index (χ2n) is 12.4. The van der Waals surface area contributed by atoms with Crippen molar-refractivity contribution in [2.24, 2.45) is 0 Å². The monoisotopic (exact) mass is 614 g/mol. The predicted molar refractivity (Wildman–Crippen MR) is 195 cm³/mol. The van der Waals surface area contributed by atoms with Gasteiger partial charge in [0.15, 0.2) is 5.78 Å². The molecule has 0 spiro atoms. The first-order valence-electron chi connectivity index (χ1n) is 16.3. The van der Waals surface area contributed by atoms with Crippen LogP contribution >= 0.6 is 0 Å². The number of hydrogen-bond acceptors (Lipinski definition) is 2. The lowest BCUT2D eigenvalue weighted by atomic mass is 9.58. The van der Waals surface area contributed by atoms with Crippen LogP contribution in [-0.4, -0.2) is 10.9 Å². The summed E-state index contributed by atoms with van der Waals surface area (Å²) in [5, 5.41) is 12.9. The summed E-state index contributed by atoms with van der Waals surface area (Å²) in [4.78, 5) is 15.4. The second kappa shape index (κ2) is 10.9. The van der Waals surface area contributed by atoms with Gasteiger partial charge in [-0.25, -0.2) is 0 Å². The molecular weight excluding hydrogens is 585 g/mol. The van der Waals surface area contributed by atoms with Crippen LogP contribution in [0.2, 0.25) is 0 Å². The van der Waals surface area contributed by atoms with Crippen molar-refractivity contribution >= 4 is 33.6 Å². The number of fused-ring (bicyclic) bond motifs is 5. The van der Waals surface area contributed by atoms with Crippen LogP contribution in [0.3, 0.4) is 0 Å². The molecule has 6 aromatic carbocycles. The summed E-state index contributed by atoms with van der Waals surface area (Å²) in [7, 11) is 0. The van der Waals surface area contributed by atoms with Crippen molar-refractivity contribution in [1.82, 2.24) is 0 Å². The van der Waals surface area contributed by atoms with E-state index in [0.717, 1.165) is 61.2 Å². The number of rotatable bonds is 5. The van der Waals surface area contributed by atoms with E-state index in [2.05, 4.69) is 60.7 Å². The lowest BCUT2D eigenvalue weighted by Gasteiger charge is -2.42. The Labute approximate surface area is 280 Å². The Hall–Kier alpha value is -6.25. The zero-order chi connectivity index (χ0) is 32.2. The molecule has 0 aliphatic heterocycles. The Kier molecular flexibility index (Phi) is 6.38. The number of aliphatic hydroxyl groups excluding tert-OH is 1. The molecule has 0 amide bonds. The van der Waals surface area contributed by atoms with E-state index in [1.165, 1.54) is 0 Å². The van der Waals surface area contributed by atoms with Gasteiger partial charge in [-0.15, -0.1) is 0 Å². The minimum atomic E-state index is -0.975. The molecule has 0 radical (unpaired) electrons. The molecule has 0 heterocycles. The van der Waals surface area contributed by atoms with Gasteiger partial charge in [0, 0.05) is 33.4 Å². The second-order valence-corrected chi connectivity index (χ2v) is 12.4. The Morgan fingerprint density at radius 2 is 0.812 bits per heavy atom. The van der Waals surface area contributed by atoms with E-state index in [1.807, 2.05) is 115 Å². The summed E-state index contributed by atoms with van der Waals surface area (Å²) < 4.78 is 0. The van der Waals surface area contributed by atoms with Crippen LogP contribution in [0.5, 0.6) is 0 Å². The zero-order valence-electron chi connectivity index (χ0n) is 26.1. The molecule has 0 aromatic heterocycles. The minimum Gasteiger partial charge on any atom is -0.507 e. The highest BCUT2D eigenvalue weighted by atomic mass is 16.3. The van der Waals surface area contributed by atoms with Gasteiger partial charge in [-0.05, 0) is 44.5 Å². The van der Waals surface area contributed by atoms with Crippen LogP contribution in [0.4, 0.5) is 0 Å². The van der Waals surface area contributed by atoms with Gasteiger partial charge in [-0.1, -0.05) is 176 Å². The molecule has 0 saturated carbocycles. The molecule has 0 saturated heterocycles. The number of aliphatic hydroxyl groups is 1. The number of hydrogen-bond donors (Lipinski definition) is 1. The van der Waals surface area contributed by atoms with Crippen LogP contribution in [0.15, 0.2) is 193 Å². The van der Waals surface area contributed by atoms with Crippen molar-refractivity contribution in [2.45, 2.75) is 5.41 Å². The third-order valence-electron chi connectivity index (χ3n) is 9.98. The van der Waals surface area contributed by atoms with Gasteiger partial charge >= 0.3 is 0 Å². The van der Waals surface area contributed by atoms with Gasteiger partial charge in [0.05, 0.1) is 5.41 Å². The van der Waals surface area contributed by atoms with Crippen molar-refractivity contribution in [3.05, 3.63) is 232 Å². The van der Waals surface area contributed by atoms with Crippen LogP contribution < -0.4 is 0 Å². The average Bonchev–Trinajstić information content (AvgIpc) is 3.62. The number of carbonyl (C=O) groups excluding carboxylic acids is 1. The number of benzene rings is 6. The standard InChI is InChI=1S/C46H30O2/c47-44-38(31-20-8-2-9-21-31)37(30-18-6-1-7-19-30)40-35-28-16-17-29-36(35)46(34-26-14-5-15-27-34)42(33-24-12-4-13-25-33)39(32-22-10-3-11-23-32)45(48)43(46)41(40)44/h1-29,48H. The minimum absolute atomic E-state index is 0.0758. The maximum atomic E-state index is 15.4. The summed E-state index contributed by atoms with van der Waals surface area (Å²) in [5.74, 6) is 0.0640. The Morgan fingerprint density at radius 3 is 1.38 bits per heavy atom. The fourth-order valence-corrected chi connectivity index (χ4v) is 8.20. The van der Waals surface area contributed by atoms with Crippen LogP contribution in [0, 0.1) is 0 Å². The van der Waals surface area contributed by atoms with Gasteiger partial charge in [0.1, 0.15) is 5.76 Å². The normalized spacial score (nSPS) is 18.3. The quantitative estimate of drug-likeness (QED) is 0.210. The van der Waals surface area contributed by atoms with E-state index >= 15 is 4.79 Å². The summed E-state index contributed by atoms with van der Waals surface area (Å²) >= 11 is 0. The van der Waals surface area contributed by atoms with Gasteiger partial charge in [0.2, 0.25) is 0 Å². The summed E-state index contributed by atoms with van der Waals surface area (Å²) in [6, 6.07) is 59.4. The van der Waals surface area contributed by atoms with Gasteiger partial charge in [-0.3, -0.25) is 4.79 Å². The molecule has 3 aliphatic carbocycles. The number of ketones is 1. The molecule has 3 aliphatic rings. The molecule has 2 nitrogen and oxygen atoms in total. The SMILES string of the molecule is O=C1C2=C(C(c3ccccc3)=C1c1ccccc1)c1ccccc1C1(c3ccccc3)C2=C(O)C(c2ccccc2)=C1c1ccccc1. The molecule has 1 atom stereocenters. The predicted octanol–water partition coefficient (Wildman–Crippen LogP) is 10.4. The molecule has 1 N–H and O–H groups in total. The first-order chi connectivity index (χ1) is 23.7. The first kappa shape index (κ1) is 28.0. The smallest absolute Gasteiger partial charge is 0.195 e. The van der Waals surface area contributed by atoms with Gasteiger partial charge < -0.3 is 5.11 Å². The van der Waals surface area contributed by atoms with Crippen molar-refractivity contribution in [2.75, 3.05) is 0 Å². The van der Waals surface area contributed by atoms with Gasteiger partial charge in [0.25, 0.3) is 0 Å². The molecule has 0 bridgehead atoms. The summed E-state index contributed by atoms with van der Waals surface area (Å²) in [6.07, 6.45) is 0. The summed E-state index contributed by atoms with van der Waals surface area (Å²) in [6.45, 7) is 0. The zero-order valence-corrected chi connectivity index (χ0v) is 26.1. The van der Waals surface area contributed by atoms with Crippen molar-refractivity contribution in [3.63, 3.8) is 0 Å². The molecule has 48 heavy (non-hydrogen) atoms.